The molecule has 1 heterocycles. The van der Waals surface area contributed by atoms with E-state index in [9.17, 15) is 9.90 Å². The van der Waals surface area contributed by atoms with Gasteiger partial charge in [-0.15, -0.1) is 0 Å². The summed E-state index contributed by atoms with van der Waals surface area (Å²) in [6.07, 6.45) is 0. The molecular formula is C19H26N2O3. The van der Waals surface area contributed by atoms with Crippen LogP contribution < -0.4 is 5.32 Å². The van der Waals surface area contributed by atoms with Crippen molar-refractivity contribution in [1.82, 2.24) is 10.3 Å². The number of hydrogen-bond acceptors (Lipinski definition) is 4. The molecular weight excluding hydrogens is 304 g/mol. The van der Waals surface area contributed by atoms with E-state index >= 15 is 0 Å². The molecule has 0 saturated carbocycles. The lowest BCUT2D eigenvalue weighted by Crippen LogP contribution is -2.32. The van der Waals surface area contributed by atoms with Crippen LogP contribution in [0.3, 0.4) is 0 Å². The predicted molar refractivity (Wildman–Crippen MR) is 93.7 cm³/mol. The lowest BCUT2D eigenvalue weighted by atomic mass is 9.98. The molecule has 0 bridgehead atoms. The topological polar surface area (TPSA) is 74.3 Å². The van der Waals surface area contributed by atoms with Crippen LogP contribution in [0, 0.1) is 5.92 Å². The number of aromatic nitrogens is 1. The Balaban J connectivity index is 2.19. The van der Waals surface area contributed by atoms with Gasteiger partial charge in [0.1, 0.15) is 5.69 Å². The molecule has 5 nitrogen and oxygen atoms in total. The minimum Gasteiger partial charge on any atom is -0.461 e. The lowest BCUT2D eigenvalue weighted by Gasteiger charge is -2.27. The van der Waals surface area contributed by atoms with Gasteiger partial charge in [-0.05, 0) is 30.5 Å². The maximum Gasteiger partial charge on any atom is 0.354 e. The molecule has 2 rings (SSSR count). The average Bonchev–Trinajstić information content (AvgIpc) is 3.06. The highest BCUT2D eigenvalue weighted by Gasteiger charge is 2.23. The van der Waals surface area contributed by atoms with Crippen molar-refractivity contribution in [2.45, 2.75) is 32.9 Å². The summed E-state index contributed by atoms with van der Waals surface area (Å²) in [6, 6.07) is 13.3. The standard InChI is InChI=1S/C19H26N2O3/c1-4-24-19(23)16-11-10-15(20-16)18(13(2)3)21-17(12-22)14-8-6-5-7-9-14/h5-11,13,17-18,20-22H,4,12H2,1-3H3/t17-,18+/m1/s1. The van der Waals surface area contributed by atoms with Crippen molar-refractivity contribution in [2.24, 2.45) is 5.92 Å². The van der Waals surface area contributed by atoms with E-state index in [-0.39, 0.29) is 30.6 Å². The van der Waals surface area contributed by atoms with E-state index in [4.69, 9.17) is 4.74 Å². The molecule has 0 fully saturated rings. The van der Waals surface area contributed by atoms with Crippen molar-refractivity contribution in [3.8, 4) is 0 Å². The van der Waals surface area contributed by atoms with E-state index in [1.165, 1.54) is 0 Å². The van der Waals surface area contributed by atoms with Crippen LogP contribution in [0.25, 0.3) is 0 Å². The molecule has 0 unspecified atom stereocenters. The number of aliphatic hydroxyl groups excluding tert-OH is 1. The van der Waals surface area contributed by atoms with E-state index in [1.807, 2.05) is 36.4 Å². The second-order valence-corrected chi connectivity index (χ2v) is 6.08. The van der Waals surface area contributed by atoms with Crippen molar-refractivity contribution in [2.75, 3.05) is 13.2 Å². The van der Waals surface area contributed by atoms with Crippen LogP contribution in [0.4, 0.5) is 0 Å². The van der Waals surface area contributed by atoms with Gasteiger partial charge in [0.25, 0.3) is 0 Å². The summed E-state index contributed by atoms with van der Waals surface area (Å²) in [5.41, 5.74) is 2.38. The zero-order valence-corrected chi connectivity index (χ0v) is 14.5. The number of carbonyl (C=O) groups is 1. The van der Waals surface area contributed by atoms with Gasteiger partial charge in [-0.25, -0.2) is 4.79 Å². The quantitative estimate of drug-likeness (QED) is 0.650. The van der Waals surface area contributed by atoms with Crippen LogP contribution in [-0.2, 0) is 4.74 Å². The van der Waals surface area contributed by atoms with Crippen molar-refractivity contribution in [3.05, 3.63) is 59.4 Å². The molecule has 1 aromatic heterocycles. The number of hydrogen-bond donors (Lipinski definition) is 3. The summed E-state index contributed by atoms with van der Waals surface area (Å²) >= 11 is 0. The van der Waals surface area contributed by atoms with Crippen LogP contribution >= 0.6 is 0 Å². The molecule has 5 heteroatoms. The Morgan fingerprint density at radius 3 is 2.50 bits per heavy atom. The number of esters is 1. The van der Waals surface area contributed by atoms with E-state index in [1.54, 1.807) is 13.0 Å². The average molecular weight is 330 g/mol. The first kappa shape index (κ1) is 18.2. The first-order chi connectivity index (χ1) is 11.6. The maximum atomic E-state index is 11.8. The number of aromatic amines is 1. The van der Waals surface area contributed by atoms with Gasteiger partial charge in [0.15, 0.2) is 0 Å². The molecule has 0 aliphatic heterocycles. The second kappa shape index (κ2) is 8.66. The van der Waals surface area contributed by atoms with E-state index in [0.29, 0.717) is 12.3 Å². The molecule has 0 aliphatic rings. The van der Waals surface area contributed by atoms with Crippen LogP contribution in [0.15, 0.2) is 42.5 Å². The number of ether oxygens (including phenoxy) is 1. The predicted octanol–water partition coefficient (Wildman–Crippen LogP) is 3.21. The minimum absolute atomic E-state index is 0.00131. The fourth-order valence-electron chi connectivity index (χ4n) is 2.72. The van der Waals surface area contributed by atoms with Crippen LogP contribution in [0.5, 0.6) is 0 Å². The van der Waals surface area contributed by atoms with E-state index in [0.717, 1.165) is 11.3 Å². The van der Waals surface area contributed by atoms with Crippen LogP contribution in [-0.4, -0.2) is 29.3 Å². The Bertz CT molecular complexity index is 637. The molecule has 0 saturated heterocycles. The minimum atomic E-state index is -0.354. The Morgan fingerprint density at radius 1 is 1.21 bits per heavy atom. The zero-order chi connectivity index (χ0) is 17.5. The fourth-order valence-corrected chi connectivity index (χ4v) is 2.72. The lowest BCUT2D eigenvalue weighted by molar-refractivity contribution is 0.0520. The second-order valence-electron chi connectivity index (χ2n) is 6.08. The number of rotatable bonds is 8. The molecule has 0 spiro atoms. The Hall–Kier alpha value is -2.11. The summed E-state index contributed by atoms with van der Waals surface area (Å²) in [4.78, 5) is 15.0. The number of H-pyrrole nitrogens is 1. The summed E-state index contributed by atoms with van der Waals surface area (Å²) in [6.45, 7) is 6.33. The summed E-state index contributed by atoms with van der Waals surface area (Å²) in [5, 5.41) is 13.3. The van der Waals surface area contributed by atoms with Crippen LogP contribution in [0.1, 0.15) is 54.6 Å². The van der Waals surface area contributed by atoms with Crippen LogP contribution in [0.2, 0.25) is 0 Å². The third-order valence-corrected chi connectivity index (χ3v) is 3.97. The smallest absolute Gasteiger partial charge is 0.354 e. The molecule has 24 heavy (non-hydrogen) atoms. The number of aliphatic hydroxyl groups is 1. The number of benzene rings is 1. The van der Waals surface area contributed by atoms with Crippen molar-refractivity contribution < 1.29 is 14.6 Å². The zero-order valence-electron chi connectivity index (χ0n) is 14.5. The molecule has 130 valence electrons. The highest BCUT2D eigenvalue weighted by atomic mass is 16.5. The summed E-state index contributed by atoms with van der Waals surface area (Å²) < 4.78 is 5.02. The first-order valence-electron chi connectivity index (χ1n) is 8.34. The summed E-state index contributed by atoms with van der Waals surface area (Å²) in [7, 11) is 0. The maximum absolute atomic E-state index is 11.8. The third-order valence-electron chi connectivity index (χ3n) is 3.97. The van der Waals surface area contributed by atoms with Gasteiger partial charge in [0.2, 0.25) is 0 Å². The molecule has 0 amide bonds. The van der Waals surface area contributed by atoms with Gasteiger partial charge < -0.3 is 14.8 Å². The highest BCUT2D eigenvalue weighted by Crippen LogP contribution is 2.25. The third kappa shape index (κ3) is 4.46. The molecule has 0 aliphatic carbocycles. The van der Waals surface area contributed by atoms with Crippen molar-refractivity contribution in [1.29, 1.82) is 0 Å². The monoisotopic (exact) mass is 330 g/mol. The molecule has 3 N–H and O–H groups in total. The number of carbonyl (C=O) groups excluding carboxylic acids is 1. The fraction of sp³-hybridized carbons (Fsp3) is 0.421. The van der Waals surface area contributed by atoms with E-state index in [2.05, 4.69) is 24.1 Å². The Labute approximate surface area is 143 Å². The Morgan fingerprint density at radius 2 is 1.92 bits per heavy atom. The first-order valence-corrected chi connectivity index (χ1v) is 8.34. The van der Waals surface area contributed by atoms with Gasteiger partial charge in [0, 0.05) is 5.69 Å². The summed E-state index contributed by atoms with van der Waals surface area (Å²) in [5.74, 6) is -0.0792. The van der Waals surface area contributed by atoms with Gasteiger partial charge in [0.05, 0.1) is 25.3 Å². The highest BCUT2D eigenvalue weighted by molar-refractivity contribution is 5.87. The largest absolute Gasteiger partial charge is 0.461 e. The van der Waals surface area contributed by atoms with Gasteiger partial charge in [-0.2, -0.15) is 0 Å². The Kier molecular flexibility index (Phi) is 6.58. The van der Waals surface area contributed by atoms with Crippen molar-refractivity contribution in [3.63, 3.8) is 0 Å². The molecule has 2 atom stereocenters. The van der Waals surface area contributed by atoms with E-state index < -0.39 is 0 Å². The SMILES string of the molecule is CCOC(=O)c1ccc([C@@H](N[C@H](CO)c2ccccc2)C(C)C)[nH]1. The van der Waals surface area contributed by atoms with Gasteiger partial charge >= 0.3 is 5.97 Å². The molecule has 1 aromatic carbocycles. The van der Waals surface area contributed by atoms with Gasteiger partial charge in [-0.1, -0.05) is 44.2 Å². The molecule has 2 aromatic rings. The van der Waals surface area contributed by atoms with Gasteiger partial charge in [-0.3, -0.25) is 5.32 Å². The molecule has 0 radical (unpaired) electrons. The van der Waals surface area contributed by atoms with Crippen molar-refractivity contribution >= 4 is 5.97 Å². The normalized spacial score (nSPS) is 13.7. The number of nitrogens with one attached hydrogen (secondary N) is 2.